The number of nitrogens with zero attached hydrogens (tertiary/aromatic N) is 3. The molecular weight excluding hydrogens is 324 g/mol. The average Bonchev–Trinajstić information content (AvgIpc) is 2.59. The molecule has 0 saturated carbocycles. The maximum atomic E-state index is 6.11. The Morgan fingerprint density at radius 2 is 2.00 bits per heavy atom. The van der Waals surface area contributed by atoms with Crippen LogP contribution in [0.4, 0.5) is 17.5 Å². The number of nitrogens with one attached hydrogen (secondary N) is 1. The summed E-state index contributed by atoms with van der Waals surface area (Å²) in [5.74, 6) is 1.58. The molecule has 1 aliphatic heterocycles. The maximum Gasteiger partial charge on any atom is 0.229 e. The minimum absolute atomic E-state index is 0.618. The van der Waals surface area contributed by atoms with Crippen molar-refractivity contribution in [3.8, 4) is 0 Å². The summed E-state index contributed by atoms with van der Waals surface area (Å²) in [6.45, 7) is 7.39. The van der Waals surface area contributed by atoms with E-state index in [0.29, 0.717) is 11.0 Å². The fourth-order valence-electron chi connectivity index (χ4n) is 2.73. The monoisotopic (exact) mass is 346 g/mol. The summed E-state index contributed by atoms with van der Waals surface area (Å²) in [4.78, 5) is 11.6. The molecule has 0 atom stereocenters. The number of rotatable bonds is 5. The Labute approximate surface area is 148 Å². The van der Waals surface area contributed by atoms with Gasteiger partial charge in [0, 0.05) is 35.6 Å². The quantitative estimate of drug-likeness (QED) is 0.887. The molecule has 128 valence electrons. The lowest BCUT2D eigenvalue weighted by molar-refractivity contribution is 0.122. The number of benzene rings is 1. The van der Waals surface area contributed by atoms with Gasteiger partial charge in [-0.15, -0.1) is 0 Å². The normalized spacial score (nSPS) is 14.7. The first-order chi connectivity index (χ1) is 11.7. The van der Waals surface area contributed by atoms with Crippen LogP contribution in [-0.4, -0.2) is 36.3 Å². The van der Waals surface area contributed by atoms with Crippen molar-refractivity contribution in [3.63, 3.8) is 0 Å². The third-order valence-corrected chi connectivity index (χ3v) is 4.29. The molecule has 5 nitrogen and oxygen atoms in total. The third kappa shape index (κ3) is 4.16. The third-order valence-electron chi connectivity index (χ3n) is 4.05. The maximum absolute atomic E-state index is 6.11. The SMILES string of the molecule is CCCc1cc(N2CCOCC2)nc(Nc2cc(Cl)ccc2C)n1. The first kappa shape index (κ1) is 17.0. The lowest BCUT2D eigenvalue weighted by Gasteiger charge is -2.28. The molecule has 24 heavy (non-hydrogen) atoms. The van der Waals surface area contributed by atoms with Gasteiger partial charge in [-0.05, 0) is 31.0 Å². The lowest BCUT2D eigenvalue weighted by atomic mass is 10.2. The van der Waals surface area contributed by atoms with Crippen LogP contribution in [0.1, 0.15) is 24.6 Å². The number of hydrogen-bond donors (Lipinski definition) is 1. The Balaban J connectivity index is 1.90. The van der Waals surface area contributed by atoms with Crippen LogP contribution in [0.5, 0.6) is 0 Å². The van der Waals surface area contributed by atoms with E-state index in [-0.39, 0.29) is 0 Å². The number of halogens is 1. The molecule has 1 aliphatic rings. The number of anilines is 3. The van der Waals surface area contributed by atoms with Crippen molar-refractivity contribution in [2.24, 2.45) is 0 Å². The molecule has 0 bridgehead atoms. The van der Waals surface area contributed by atoms with E-state index in [2.05, 4.69) is 28.2 Å². The van der Waals surface area contributed by atoms with Crippen LogP contribution in [0.25, 0.3) is 0 Å². The Morgan fingerprint density at radius 3 is 2.75 bits per heavy atom. The van der Waals surface area contributed by atoms with E-state index in [4.69, 9.17) is 21.3 Å². The Bertz CT molecular complexity index is 701. The van der Waals surface area contributed by atoms with Gasteiger partial charge in [-0.3, -0.25) is 0 Å². The van der Waals surface area contributed by atoms with Gasteiger partial charge in [-0.1, -0.05) is 31.0 Å². The van der Waals surface area contributed by atoms with Gasteiger partial charge < -0.3 is 15.0 Å². The summed E-state index contributed by atoms with van der Waals surface area (Å²) >= 11 is 6.11. The van der Waals surface area contributed by atoms with Crippen molar-refractivity contribution >= 4 is 29.1 Å². The molecule has 3 rings (SSSR count). The fraction of sp³-hybridized carbons (Fsp3) is 0.444. The Morgan fingerprint density at radius 1 is 1.21 bits per heavy atom. The van der Waals surface area contributed by atoms with Gasteiger partial charge in [0.2, 0.25) is 5.95 Å². The van der Waals surface area contributed by atoms with Gasteiger partial charge in [0.25, 0.3) is 0 Å². The average molecular weight is 347 g/mol. The standard InChI is InChI=1S/C18H23ClN4O/c1-3-4-15-12-17(23-7-9-24-10-8-23)22-18(20-15)21-16-11-14(19)6-5-13(16)2/h5-6,11-12H,3-4,7-10H2,1-2H3,(H,20,21,22). The summed E-state index contributed by atoms with van der Waals surface area (Å²) in [5.41, 5.74) is 3.09. The zero-order valence-electron chi connectivity index (χ0n) is 14.2. The van der Waals surface area contributed by atoms with Crippen molar-refractivity contribution < 1.29 is 4.74 Å². The lowest BCUT2D eigenvalue weighted by Crippen LogP contribution is -2.37. The number of aryl methyl sites for hydroxylation is 2. The van der Waals surface area contributed by atoms with Gasteiger partial charge in [0.1, 0.15) is 5.82 Å². The van der Waals surface area contributed by atoms with Crippen LogP contribution in [-0.2, 0) is 11.2 Å². The van der Waals surface area contributed by atoms with E-state index in [1.165, 1.54) is 0 Å². The predicted octanol–water partition coefficient (Wildman–Crippen LogP) is 3.97. The molecule has 1 aromatic carbocycles. The first-order valence-electron chi connectivity index (χ1n) is 8.39. The molecule has 1 saturated heterocycles. The van der Waals surface area contributed by atoms with E-state index >= 15 is 0 Å². The largest absolute Gasteiger partial charge is 0.378 e. The van der Waals surface area contributed by atoms with E-state index < -0.39 is 0 Å². The molecular formula is C18H23ClN4O. The molecule has 0 aliphatic carbocycles. The molecule has 0 spiro atoms. The van der Waals surface area contributed by atoms with E-state index in [0.717, 1.165) is 61.9 Å². The molecule has 0 unspecified atom stereocenters. The highest BCUT2D eigenvalue weighted by Gasteiger charge is 2.15. The van der Waals surface area contributed by atoms with Gasteiger partial charge in [-0.25, -0.2) is 4.98 Å². The van der Waals surface area contributed by atoms with E-state index in [1.54, 1.807) is 0 Å². The number of hydrogen-bond acceptors (Lipinski definition) is 5. The smallest absolute Gasteiger partial charge is 0.229 e. The number of morpholine rings is 1. The second-order valence-electron chi connectivity index (χ2n) is 5.97. The van der Waals surface area contributed by atoms with Crippen molar-refractivity contribution in [1.82, 2.24) is 9.97 Å². The minimum Gasteiger partial charge on any atom is -0.378 e. The number of aromatic nitrogens is 2. The zero-order valence-corrected chi connectivity index (χ0v) is 14.9. The molecule has 0 radical (unpaired) electrons. The molecule has 1 fully saturated rings. The van der Waals surface area contributed by atoms with Crippen LogP contribution in [0.2, 0.25) is 5.02 Å². The highest BCUT2D eigenvalue weighted by molar-refractivity contribution is 6.30. The van der Waals surface area contributed by atoms with Gasteiger partial charge in [-0.2, -0.15) is 4.98 Å². The van der Waals surface area contributed by atoms with Crippen LogP contribution in [0.15, 0.2) is 24.3 Å². The van der Waals surface area contributed by atoms with Crippen molar-refractivity contribution in [3.05, 3.63) is 40.5 Å². The number of ether oxygens (including phenoxy) is 1. The molecule has 6 heteroatoms. The molecule has 1 aromatic heterocycles. The summed E-state index contributed by atoms with van der Waals surface area (Å²) in [5, 5.41) is 4.02. The highest BCUT2D eigenvalue weighted by Crippen LogP contribution is 2.24. The fourth-order valence-corrected chi connectivity index (χ4v) is 2.90. The van der Waals surface area contributed by atoms with Gasteiger partial charge >= 0.3 is 0 Å². The van der Waals surface area contributed by atoms with Gasteiger partial charge in [0.05, 0.1) is 13.2 Å². The molecule has 1 N–H and O–H groups in total. The zero-order chi connectivity index (χ0) is 16.9. The first-order valence-corrected chi connectivity index (χ1v) is 8.77. The second-order valence-corrected chi connectivity index (χ2v) is 6.41. The molecule has 2 aromatic rings. The summed E-state index contributed by atoms with van der Waals surface area (Å²) in [7, 11) is 0. The highest BCUT2D eigenvalue weighted by atomic mass is 35.5. The van der Waals surface area contributed by atoms with Crippen molar-refractivity contribution in [1.29, 1.82) is 0 Å². The molecule has 2 heterocycles. The van der Waals surface area contributed by atoms with Crippen LogP contribution in [0, 0.1) is 6.92 Å². The van der Waals surface area contributed by atoms with E-state index in [9.17, 15) is 0 Å². The van der Waals surface area contributed by atoms with Crippen LogP contribution >= 0.6 is 11.6 Å². The Kier molecular flexibility index (Phi) is 5.53. The van der Waals surface area contributed by atoms with E-state index in [1.807, 2.05) is 25.1 Å². The van der Waals surface area contributed by atoms with Gasteiger partial charge in [0.15, 0.2) is 0 Å². The van der Waals surface area contributed by atoms with Crippen molar-refractivity contribution in [2.75, 3.05) is 36.5 Å². The second kappa shape index (κ2) is 7.81. The van der Waals surface area contributed by atoms with Crippen molar-refractivity contribution in [2.45, 2.75) is 26.7 Å². The molecule has 0 amide bonds. The predicted molar refractivity (Wildman–Crippen MR) is 98.5 cm³/mol. The Hall–Kier alpha value is -1.85. The topological polar surface area (TPSA) is 50.3 Å². The summed E-state index contributed by atoms with van der Waals surface area (Å²) in [6, 6.07) is 7.87. The summed E-state index contributed by atoms with van der Waals surface area (Å²) < 4.78 is 5.44. The van der Waals surface area contributed by atoms with Crippen LogP contribution in [0.3, 0.4) is 0 Å². The minimum atomic E-state index is 0.618. The summed E-state index contributed by atoms with van der Waals surface area (Å²) in [6.07, 6.45) is 1.98. The van der Waals surface area contributed by atoms with Crippen LogP contribution < -0.4 is 10.2 Å².